The Morgan fingerprint density at radius 3 is 2.57 bits per heavy atom. The van der Waals surface area contributed by atoms with Crippen LogP contribution in [-0.4, -0.2) is 5.78 Å². The van der Waals surface area contributed by atoms with Gasteiger partial charge in [0, 0.05) is 11.1 Å². The molecule has 14 heavy (non-hydrogen) atoms. The number of carbonyl (C=O) groups is 1. The summed E-state index contributed by atoms with van der Waals surface area (Å²) < 4.78 is 4.93. The fourth-order valence-corrected chi connectivity index (χ4v) is 1.23. The SMILES string of the molecule is O=C(C1=CC=CO[CH]1)c1ccccc1. The Kier molecular flexibility index (Phi) is 2.45. The average Bonchev–Trinajstić information content (AvgIpc) is 2.30. The molecule has 0 amide bonds. The number of rotatable bonds is 2. The summed E-state index contributed by atoms with van der Waals surface area (Å²) in [6.07, 6.45) is 4.97. The van der Waals surface area contributed by atoms with Crippen LogP contribution in [0.15, 0.2) is 54.3 Å². The van der Waals surface area contributed by atoms with E-state index in [1.807, 2.05) is 18.2 Å². The van der Waals surface area contributed by atoms with E-state index in [4.69, 9.17) is 4.74 Å². The Hall–Kier alpha value is -1.83. The summed E-state index contributed by atoms with van der Waals surface area (Å²) in [6.45, 7) is 1.45. The molecule has 1 aromatic rings. The van der Waals surface area contributed by atoms with E-state index in [9.17, 15) is 4.79 Å². The molecule has 0 atom stereocenters. The number of carbonyl (C=O) groups excluding carboxylic acids is 1. The zero-order valence-corrected chi connectivity index (χ0v) is 7.51. The highest BCUT2D eigenvalue weighted by Crippen LogP contribution is 2.14. The van der Waals surface area contributed by atoms with Crippen molar-refractivity contribution >= 4 is 5.78 Å². The first-order valence-electron chi connectivity index (χ1n) is 4.33. The summed E-state index contributed by atoms with van der Waals surface area (Å²) in [4.78, 5) is 11.8. The van der Waals surface area contributed by atoms with Crippen LogP contribution in [0.4, 0.5) is 0 Å². The lowest BCUT2D eigenvalue weighted by Crippen LogP contribution is -2.05. The second-order valence-corrected chi connectivity index (χ2v) is 2.90. The second kappa shape index (κ2) is 3.92. The fraction of sp³-hybridized carbons (Fsp3) is 0. The molecule has 1 aromatic carbocycles. The summed E-state index contributed by atoms with van der Waals surface area (Å²) in [5, 5.41) is 0. The Labute approximate surface area is 82.5 Å². The molecule has 2 heteroatoms. The molecular weight excluding hydrogens is 176 g/mol. The molecule has 0 aromatic heterocycles. The number of allylic oxidation sites excluding steroid dienone is 2. The molecule has 69 valence electrons. The van der Waals surface area contributed by atoms with Gasteiger partial charge in [-0.15, -0.1) is 0 Å². The van der Waals surface area contributed by atoms with Gasteiger partial charge in [-0.25, -0.2) is 0 Å². The molecule has 0 N–H and O–H groups in total. The molecule has 0 fully saturated rings. The Morgan fingerprint density at radius 2 is 1.93 bits per heavy atom. The van der Waals surface area contributed by atoms with E-state index in [2.05, 4.69) is 0 Å². The van der Waals surface area contributed by atoms with Crippen LogP contribution in [0.3, 0.4) is 0 Å². The van der Waals surface area contributed by atoms with Crippen LogP contribution in [0.25, 0.3) is 0 Å². The molecule has 0 saturated carbocycles. The number of benzene rings is 1. The third-order valence-corrected chi connectivity index (χ3v) is 1.93. The van der Waals surface area contributed by atoms with Gasteiger partial charge in [0.1, 0.15) is 0 Å². The lowest BCUT2D eigenvalue weighted by atomic mass is 10.0. The molecule has 0 unspecified atom stereocenters. The lowest BCUT2D eigenvalue weighted by molar-refractivity contribution is 0.102. The van der Waals surface area contributed by atoms with Gasteiger partial charge >= 0.3 is 0 Å². The van der Waals surface area contributed by atoms with E-state index in [-0.39, 0.29) is 5.78 Å². The van der Waals surface area contributed by atoms with Crippen LogP contribution in [0, 0.1) is 6.61 Å². The van der Waals surface area contributed by atoms with Gasteiger partial charge in [0.25, 0.3) is 0 Å². The Morgan fingerprint density at radius 1 is 1.14 bits per heavy atom. The predicted molar refractivity (Wildman–Crippen MR) is 53.4 cm³/mol. The zero-order valence-electron chi connectivity index (χ0n) is 7.51. The first kappa shape index (κ1) is 8.75. The van der Waals surface area contributed by atoms with Crippen molar-refractivity contribution in [1.82, 2.24) is 0 Å². The Bertz CT molecular complexity index is 388. The number of hydrogen-bond donors (Lipinski definition) is 0. The number of ether oxygens (including phenoxy) is 1. The Balaban J connectivity index is 2.24. The molecule has 0 aliphatic carbocycles. The smallest absolute Gasteiger partial charge is 0.192 e. The van der Waals surface area contributed by atoms with E-state index in [1.165, 1.54) is 12.9 Å². The number of Topliss-reactive ketones (excluding diaryl/α,β-unsaturated/α-hetero) is 1. The van der Waals surface area contributed by atoms with Gasteiger partial charge in [0.05, 0.1) is 6.26 Å². The van der Waals surface area contributed by atoms with Crippen molar-refractivity contribution < 1.29 is 9.53 Å². The average molecular weight is 185 g/mol. The van der Waals surface area contributed by atoms with Gasteiger partial charge in [-0.2, -0.15) is 0 Å². The molecule has 1 aliphatic heterocycles. The summed E-state index contributed by atoms with van der Waals surface area (Å²) in [7, 11) is 0. The molecule has 0 bridgehead atoms. The molecule has 1 heterocycles. The standard InChI is InChI=1S/C12H9O2/c13-12(10-5-2-1-3-6-10)11-7-4-8-14-9-11/h1-9H. The molecule has 2 rings (SSSR count). The van der Waals surface area contributed by atoms with Gasteiger partial charge < -0.3 is 4.74 Å². The zero-order chi connectivity index (χ0) is 9.80. The third kappa shape index (κ3) is 1.74. The van der Waals surface area contributed by atoms with Crippen LogP contribution in [-0.2, 0) is 4.74 Å². The van der Waals surface area contributed by atoms with Crippen molar-refractivity contribution in [2.75, 3.05) is 0 Å². The van der Waals surface area contributed by atoms with E-state index in [0.717, 1.165) is 0 Å². The van der Waals surface area contributed by atoms with E-state index in [1.54, 1.807) is 24.3 Å². The van der Waals surface area contributed by atoms with Crippen molar-refractivity contribution in [3.05, 3.63) is 66.5 Å². The lowest BCUT2D eigenvalue weighted by Gasteiger charge is -2.07. The van der Waals surface area contributed by atoms with Crippen molar-refractivity contribution in [2.24, 2.45) is 0 Å². The summed E-state index contributed by atoms with van der Waals surface area (Å²) in [5.74, 6) is -0.0186. The van der Waals surface area contributed by atoms with Gasteiger partial charge in [0.15, 0.2) is 12.4 Å². The van der Waals surface area contributed by atoms with Gasteiger partial charge in [0.2, 0.25) is 0 Å². The van der Waals surface area contributed by atoms with Crippen LogP contribution >= 0.6 is 0 Å². The minimum Gasteiger partial charge on any atom is -0.489 e. The highest BCUT2D eigenvalue weighted by Gasteiger charge is 2.13. The van der Waals surface area contributed by atoms with Crippen LogP contribution in [0.5, 0.6) is 0 Å². The largest absolute Gasteiger partial charge is 0.489 e. The van der Waals surface area contributed by atoms with E-state index in [0.29, 0.717) is 11.1 Å². The molecular formula is C12H9O2. The first-order valence-corrected chi connectivity index (χ1v) is 4.33. The first-order chi connectivity index (χ1) is 6.88. The number of ketones is 1. The van der Waals surface area contributed by atoms with Gasteiger partial charge in [-0.05, 0) is 12.2 Å². The minimum atomic E-state index is -0.0186. The van der Waals surface area contributed by atoms with Crippen molar-refractivity contribution in [3.63, 3.8) is 0 Å². The highest BCUT2D eigenvalue weighted by molar-refractivity contribution is 6.10. The minimum absolute atomic E-state index is 0.0186. The van der Waals surface area contributed by atoms with Crippen molar-refractivity contribution in [3.8, 4) is 0 Å². The third-order valence-electron chi connectivity index (χ3n) is 1.93. The van der Waals surface area contributed by atoms with Crippen molar-refractivity contribution in [1.29, 1.82) is 0 Å². The topological polar surface area (TPSA) is 26.3 Å². The monoisotopic (exact) mass is 185 g/mol. The maximum Gasteiger partial charge on any atom is 0.192 e. The molecule has 1 radical (unpaired) electrons. The quantitative estimate of drug-likeness (QED) is 0.662. The van der Waals surface area contributed by atoms with E-state index >= 15 is 0 Å². The summed E-state index contributed by atoms with van der Waals surface area (Å²) >= 11 is 0. The van der Waals surface area contributed by atoms with E-state index < -0.39 is 0 Å². The van der Waals surface area contributed by atoms with Gasteiger partial charge in [-0.1, -0.05) is 30.3 Å². The fourth-order valence-electron chi connectivity index (χ4n) is 1.23. The molecule has 1 aliphatic rings. The summed E-state index contributed by atoms with van der Waals surface area (Å²) in [5.41, 5.74) is 1.24. The van der Waals surface area contributed by atoms with Crippen LogP contribution < -0.4 is 0 Å². The maximum absolute atomic E-state index is 11.8. The normalized spacial score (nSPS) is 14.4. The van der Waals surface area contributed by atoms with Crippen LogP contribution in [0.2, 0.25) is 0 Å². The molecule has 0 spiro atoms. The maximum atomic E-state index is 11.8. The molecule has 2 nitrogen and oxygen atoms in total. The van der Waals surface area contributed by atoms with Gasteiger partial charge in [-0.3, -0.25) is 4.79 Å². The van der Waals surface area contributed by atoms with Crippen molar-refractivity contribution in [2.45, 2.75) is 0 Å². The highest BCUT2D eigenvalue weighted by atomic mass is 16.5. The molecule has 0 saturated heterocycles. The number of hydrogen-bond acceptors (Lipinski definition) is 2. The second-order valence-electron chi connectivity index (χ2n) is 2.90. The summed E-state index contributed by atoms with van der Waals surface area (Å²) in [6, 6.07) is 9.14. The van der Waals surface area contributed by atoms with Crippen LogP contribution in [0.1, 0.15) is 10.4 Å². The predicted octanol–water partition coefficient (Wildman–Crippen LogP) is 2.50.